The molecule has 2 aromatic rings. The smallest absolute Gasteiger partial charge is 0.148 e. The summed E-state index contributed by atoms with van der Waals surface area (Å²) in [5.41, 5.74) is 0.969. The molecule has 0 spiro atoms. The van der Waals surface area contributed by atoms with E-state index in [1.165, 1.54) is 0 Å². The molecule has 0 saturated carbocycles. The first-order valence-corrected chi connectivity index (χ1v) is 5.83. The summed E-state index contributed by atoms with van der Waals surface area (Å²) in [4.78, 5) is 4.21. The van der Waals surface area contributed by atoms with Crippen LogP contribution >= 0.6 is 11.3 Å². The van der Waals surface area contributed by atoms with Crippen molar-refractivity contribution in [1.82, 2.24) is 15.2 Å². The number of aromatic amines is 1. The minimum absolute atomic E-state index is 0.616. The molecule has 2 heterocycles. The van der Waals surface area contributed by atoms with E-state index < -0.39 is 0 Å². The van der Waals surface area contributed by atoms with E-state index >= 15 is 0 Å². The Morgan fingerprint density at radius 1 is 1.53 bits per heavy atom. The molecule has 2 aromatic heterocycles. The molecule has 0 fully saturated rings. The minimum Gasteiger partial charge on any atom is -0.368 e. The summed E-state index contributed by atoms with van der Waals surface area (Å²) in [7, 11) is 0. The highest BCUT2D eigenvalue weighted by Crippen LogP contribution is 2.21. The van der Waals surface area contributed by atoms with Gasteiger partial charge in [0.05, 0.1) is 5.69 Å². The van der Waals surface area contributed by atoms with Crippen LogP contribution in [0.5, 0.6) is 0 Å². The van der Waals surface area contributed by atoms with Gasteiger partial charge in [0.1, 0.15) is 10.8 Å². The third-order valence-electron chi connectivity index (χ3n) is 1.93. The largest absolute Gasteiger partial charge is 0.368 e. The van der Waals surface area contributed by atoms with Crippen molar-refractivity contribution in [2.75, 3.05) is 11.9 Å². The second-order valence-electron chi connectivity index (χ2n) is 3.78. The van der Waals surface area contributed by atoms with Crippen LogP contribution in [0.25, 0.3) is 10.7 Å². The van der Waals surface area contributed by atoms with Crippen molar-refractivity contribution in [3.8, 4) is 10.7 Å². The zero-order valence-corrected chi connectivity index (χ0v) is 9.64. The van der Waals surface area contributed by atoms with Crippen LogP contribution in [-0.2, 0) is 0 Å². The Bertz CT molecular complexity index is 405. The molecule has 0 saturated heterocycles. The number of thiazole rings is 1. The number of rotatable bonds is 4. The molecule has 4 nitrogen and oxygen atoms in total. The summed E-state index contributed by atoms with van der Waals surface area (Å²) in [5.74, 6) is 1.50. The molecule has 0 radical (unpaired) electrons. The van der Waals surface area contributed by atoms with Crippen LogP contribution in [0.2, 0.25) is 0 Å². The van der Waals surface area contributed by atoms with E-state index in [9.17, 15) is 0 Å². The quantitative estimate of drug-likeness (QED) is 0.836. The van der Waals surface area contributed by atoms with Crippen LogP contribution in [0.4, 0.5) is 5.82 Å². The van der Waals surface area contributed by atoms with E-state index in [4.69, 9.17) is 0 Å². The molecule has 0 aliphatic heterocycles. The molecule has 0 atom stereocenters. The zero-order chi connectivity index (χ0) is 10.7. The Morgan fingerprint density at radius 3 is 3.07 bits per heavy atom. The van der Waals surface area contributed by atoms with Crippen molar-refractivity contribution in [3.63, 3.8) is 0 Å². The number of nitrogens with zero attached hydrogens (tertiary/aromatic N) is 2. The zero-order valence-electron chi connectivity index (χ0n) is 8.82. The maximum atomic E-state index is 4.21. The Hall–Kier alpha value is -1.36. The summed E-state index contributed by atoms with van der Waals surface area (Å²) >= 11 is 1.60. The second kappa shape index (κ2) is 4.44. The maximum Gasteiger partial charge on any atom is 0.148 e. The first kappa shape index (κ1) is 10.2. The lowest BCUT2D eigenvalue weighted by Gasteiger charge is -2.04. The minimum atomic E-state index is 0.616. The van der Waals surface area contributed by atoms with Gasteiger partial charge < -0.3 is 5.32 Å². The van der Waals surface area contributed by atoms with Crippen LogP contribution in [0.15, 0.2) is 17.6 Å². The number of aromatic nitrogens is 3. The first-order valence-electron chi connectivity index (χ1n) is 4.95. The van der Waals surface area contributed by atoms with Crippen molar-refractivity contribution in [1.29, 1.82) is 0 Å². The SMILES string of the molecule is CC(C)CNc1cc(-c2nccs2)[nH]n1. The van der Waals surface area contributed by atoms with Crippen molar-refractivity contribution in [2.45, 2.75) is 13.8 Å². The molecule has 0 amide bonds. The van der Waals surface area contributed by atoms with Gasteiger partial charge in [-0.1, -0.05) is 13.8 Å². The number of H-pyrrole nitrogens is 1. The van der Waals surface area contributed by atoms with Gasteiger partial charge in [0.2, 0.25) is 0 Å². The fourth-order valence-corrected chi connectivity index (χ4v) is 1.79. The van der Waals surface area contributed by atoms with E-state index in [-0.39, 0.29) is 0 Å². The summed E-state index contributed by atoms with van der Waals surface area (Å²) < 4.78 is 0. The molecule has 80 valence electrons. The van der Waals surface area contributed by atoms with E-state index in [1.54, 1.807) is 17.5 Å². The fourth-order valence-electron chi connectivity index (χ4n) is 1.19. The molecule has 2 N–H and O–H groups in total. The van der Waals surface area contributed by atoms with Crippen LogP contribution in [-0.4, -0.2) is 21.7 Å². The van der Waals surface area contributed by atoms with Crippen molar-refractivity contribution in [2.24, 2.45) is 5.92 Å². The molecule has 0 unspecified atom stereocenters. The molecule has 0 aliphatic carbocycles. The average molecular weight is 222 g/mol. The monoisotopic (exact) mass is 222 g/mol. The molecule has 0 bridgehead atoms. The number of nitrogens with one attached hydrogen (secondary N) is 2. The molecule has 0 aliphatic rings. The van der Waals surface area contributed by atoms with E-state index in [0.29, 0.717) is 5.92 Å². The molecule has 0 aromatic carbocycles. The van der Waals surface area contributed by atoms with Crippen molar-refractivity contribution < 1.29 is 0 Å². The van der Waals surface area contributed by atoms with Crippen molar-refractivity contribution >= 4 is 17.2 Å². The van der Waals surface area contributed by atoms with Crippen LogP contribution < -0.4 is 5.32 Å². The normalized spacial score (nSPS) is 10.9. The van der Waals surface area contributed by atoms with Gasteiger partial charge in [0.25, 0.3) is 0 Å². The third kappa shape index (κ3) is 2.56. The summed E-state index contributed by atoms with van der Waals surface area (Å²) in [6, 6.07) is 1.99. The van der Waals surface area contributed by atoms with E-state index in [0.717, 1.165) is 23.1 Å². The Morgan fingerprint density at radius 2 is 2.40 bits per heavy atom. The Balaban J connectivity index is 2.04. The lowest BCUT2D eigenvalue weighted by atomic mass is 10.2. The van der Waals surface area contributed by atoms with Gasteiger partial charge in [-0.25, -0.2) is 4.98 Å². The average Bonchev–Trinajstić information content (AvgIpc) is 2.85. The maximum absolute atomic E-state index is 4.21. The van der Waals surface area contributed by atoms with Gasteiger partial charge in [-0.3, -0.25) is 5.10 Å². The highest BCUT2D eigenvalue weighted by Gasteiger charge is 2.05. The second-order valence-corrected chi connectivity index (χ2v) is 4.67. The summed E-state index contributed by atoms with van der Waals surface area (Å²) in [6.07, 6.45) is 1.79. The van der Waals surface area contributed by atoms with Gasteiger partial charge in [-0.05, 0) is 5.92 Å². The molecular weight excluding hydrogens is 208 g/mol. The number of hydrogen-bond donors (Lipinski definition) is 2. The predicted molar refractivity (Wildman–Crippen MR) is 63.0 cm³/mol. The standard InChI is InChI=1S/C10H14N4S/c1-7(2)6-12-9-5-8(13-14-9)10-11-3-4-15-10/h3-5,7H,6H2,1-2H3,(H2,12,13,14). The predicted octanol–water partition coefficient (Wildman–Crippen LogP) is 2.60. The van der Waals surface area contributed by atoms with Gasteiger partial charge >= 0.3 is 0 Å². The van der Waals surface area contributed by atoms with Gasteiger partial charge in [0.15, 0.2) is 0 Å². The highest BCUT2D eigenvalue weighted by atomic mass is 32.1. The number of hydrogen-bond acceptors (Lipinski definition) is 4. The van der Waals surface area contributed by atoms with Crippen LogP contribution in [0.3, 0.4) is 0 Å². The van der Waals surface area contributed by atoms with Gasteiger partial charge in [0, 0.05) is 24.2 Å². The molecule has 15 heavy (non-hydrogen) atoms. The van der Waals surface area contributed by atoms with Crippen LogP contribution in [0, 0.1) is 5.92 Å². The topological polar surface area (TPSA) is 53.6 Å². The lowest BCUT2D eigenvalue weighted by Crippen LogP contribution is -2.07. The first-order chi connectivity index (χ1) is 7.25. The van der Waals surface area contributed by atoms with Crippen molar-refractivity contribution in [3.05, 3.63) is 17.6 Å². The third-order valence-corrected chi connectivity index (χ3v) is 2.74. The van der Waals surface area contributed by atoms with E-state index in [2.05, 4.69) is 34.3 Å². The molecule has 5 heteroatoms. The van der Waals surface area contributed by atoms with E-state index in [1.807, 2.05) is 11.4 Å². The Kier molecular flexibility index (Phi) is 3.01. The lowest BCUT2D eigenvalue weighted by molar-refractivity contribution is 0.687. The highest BCUT2D eigenvalue weighted by molar-refractivity contribution is 7.13. The Labute approximate surface area is 92.8 Å². The van der Waals surface area contributed by atoms with Crippen LogP contribution in [0.1, 0.15) is 13.8 Å². The fraction of sp³-hybridized carbons (Fsp3) is 0.400. The molecular formula is C10H14N4S. The molecule has 2 rings (SSSR count). The summed E-state index contributed by atoms with van der Waals surface area (Å²) in [6.45, 7) is 5.27. The summed E-state index contributed by atoms with van der Waals surface area (Å²) in [5, 5.41) is 13.3. The van der Waals surface area contributed by atoms with Gasteiger partial charge in [-0.2, -0.15) is 5.10 Å². The van der Waals surface area contributed by atoms with Gasteiger partial charge in [-0.15, -0.1) is 11.3 Å². The number of anilines is 1.